The summed E-state index contributed by atoms with van der Waals surface area (Å²) in [4.78, 5) is 0. The van der Waals surface area contributed by atoms with Crippen molar-refractivity contribution in [2.24, 2.45) is 0 Å². The van der Waals surface area contributed by atoms with Gasteiger partial charge in [0.15, 0.2) is 8.32 Å². The van der Waals surface area contributed by atoms with Gasteiger partial charge in [0.1, 0.15) is 0 Å². The van der Waals surface area contributed by atoms with Crippen molar-refractivity contribution in [1.82, 2.24) is 0 Å². The molecule has 0 aromatic heterocycles. The van der Waals surface area contributed by atoms with Crippen LogP contribution in [0, 0.1) is 0 Å². The third kappa shape index (κ3) is 34.1. The zero-order chi connectivity index (χ0) is 33.5. The zero-order valence-corrected chi connectivity index (χ0v) is 34.2. The first kappa shape index (κ1) is 46.2. The van der Waals surface area contributed by atoms with Crippen LogP contribution in [0.2, 0.25) is 18.1 Å². The molecule has 0 amide bonds. The molecular formula is C44H92OSi. The quantitative estimate of drug-likeness (QED) is 0.0467. The lowest BCUT2D eigenvalue weighted by molar-refractivity contribution is 0.313. The predicted molar refractivity (Wildman–Crippen MR) is 215 cm³/mol. The maximum absolute atomic E-state index is 6.87. The van der Waals surface area contributed by atoms with E-state index in [-0.39, 0.29) is 0 Å². The summed E-state index contributed by atoms with van der Waals surface area (Å²) in [6, 6.07) is 4.36. The Kier molecular flexibility index (Phi) is 39.8. The van der Waals surface area contributed by atoms with E-state index in [2.05, 4.69) is 27.7 Å². The van der Waals surface area contributed by atoms with Crippen LogP contribution in [0.5, 0.6) is 0 Å². The van der Waals surface area contributed by atoms with Crippen molar-refractivity contribution in [3.05, 3.63) is 0 Å². The summed E-state index contributed by atoms with van der Waals surface area (Å²) in [5.74, 6) is 0. The number of unbranched alkanes of at least 4 members (excludes halogenated alkanes) is 33. The lowest BCUT2D eigenvalue weighted by Gasteiger charge is -2.32. The van der Waals surface area contributed by atoms with E-state index in [1.165, 1.54) is 249 Å². The average molecular weight is 665 g/mol. The van der Waals surface area contributed by atoms with Gasteiger partial charge in [-0.05, 0) is 25.1 Å². The van der Waals surface area contributed by atoms with Crippen LogP contribution in [0.1, 0.15) is 259 Å². The second kappa shape index (κ2) is 39.6. The van der Waals surface area contributed by atoms with Gasteiger partial charge in [-0.15, -0.1) is 0 Å². The predicted octanol–water partition coefficient (Wildman–Crippen LogP) is 17.1. The highest BCUT2D eigenvalue weighted by molar-refractivity contribution is 6.73. The molecule has 1 nitrogen and oxygen atoms in total. The summed E-state index contributed by atoms with van der Waals surface area (Å²) in [5.41, 5.74) is 0. The van der Waals surface area contributed by atoms with Crippen LogP contribution in [0.15, 0.2) is 0 Å². The smallest absolute Gasteiger partial charge is 0.192 e. The second-order valence-corrected chi connectivity index (χ2v) is 19.7. The molecule has 46 heavy (non-hydrogen) atoms. The molecular weight excluding hydrogens is 573 g/mol. The van der Waals surface area contributed by atoms with Crippen molar-refractivity contribution in [3.63, 3.8) is 0 Å². The van der Waals surface area contributed by atoms with Crippen LogP contribution >= 0.6 is 0 Å². The summed E-state index contributed by atoms with van der Waals surface area (Å²) in [6.07, 6.45) is 52.4. The van der Waals surface area contributed by atoms with E-state index in [0.29, 0.717) is 0 Å². The molecule has 0 atom stereocenters. The highest BCUT2D eigenvalue weighted by atomic mass is 28.4. The molecule has 0 heterocycles. The fourth-order valence-electron chi connectivity index (χ4n) is 7.76. The Balaban J connectivity index is 4.34. The Labute approximate surface area is 295 Å². The van der Waals surface area contributed by atoms with Gasteiger partial charge in [0.25, 0.3) is 0 Å². The molecule has 0 unspecified atom stereocenters. The molecule has 0 rings (SSSR count). The van der Waals surface area contributed by atoms with Gasteiger partial charge in [0.05, 0.1) is 0 Å². The standard InChI is InChI=1S/C44H92OSi/c1-5-9-12-15-18-21-24-27-30-33-36-39-42-46(45-8-4,43-40-37-34-31-28-25-22-19-16-13-10-6-2)44-41-38-35-32-29-26-23-20-17-14-11-7-3/h5-44H2,1-4H3. The fourth-order valence-corrected chi connectivity index (χ4v) is 12.2. The van der Waals surface area contributed by atoms with Crippen molar-refractivity contribution in [2.45, 2.75) is 277 Å². The number of hydrogen-bond donors (Lipinski definition) is 0. The van der Waals surface area contributed by atoms with Gasteiger partial charge in [-0.25, -0.2) is 0 Å². The molecule has 278 valence electrons. The summed E-state index contributed by atoms with van der Waals surface area (Å²) < 4.78 is 6.87. The minimum Gasteiger partial charge on any atom is -0.417 e. The Morgan fingerprint density at radius 2 is 0.413 bits per heavy atom. The minimum atomic E-state index is -1.59. The maximum Gasteiger partial charge on any atom is 0.192 e. The van der Waals surface area contributed by atoms with Crippen LogP contribution < -0.4 is 0 Å². The van der Waals surface area contributed by atoms with E-state index in [1.54, 1.807) is 0 Å². The minimum absolute atomic E-state index is 0.959. The van der Waals surface area contributed by atoms with E-state index >= 15 is 0 Å². The molecule has 0 radical (unpaired) electrons. The summed E-state index contributed by atoms with van der Waals surface area (Å²) in [5, 5.41) is 0. The Hall–Kier alpha value is 0.177. The van der Waals surface area contributed by atoms with Crippen molar-refractivity contribution in [1.29, 1.82) is 0 Å². The van der Waals surface area contributed by atoms with Gasteiger partial charge in [0, 0.05) is 6.61 Å². The van der Waals surface area contributed by atoms with E-state index < -0.39 is 8.32 Å². The van der Waals surface area contributed by atoms with Gasteiger partial charge >= 0.3 is 0 Å². The lowest BCUT2D eigenvalue weighted by Crippen LogP contribution is -2.38. The normalized spacial score (nSPS) is 12.0. The van der Waals surface area contributed by atoms with E-state index in [9.17, 15) is 0 Å². The van der Waals surface area contributed by atoms with Gasteiger partial charge < -0.3 is 4.43 Å². The summed E-state index contributed by atoms with van der Waals surface area (Å²) in [7, 11) is -1.59. The van der Waals surface area contributed by atoms with Crippen molar-refractivity contribution in [3.8, 4) is 0 Å². The Bertz CT molecular complexity index is 465. The monoisotopic (exact) mass is 665 g/mol. The van der Waals surface area contributed by atoms with Gasteiger partial charge in [-0.1, -0.05) is 252 Å². The van der Waals surface area contributed by atoms with Crippen molar-refractivity contribution < 1.29 is 4.43 Å². The first-order chi connectivity index (χ1) is 22.7. The van der Waals surface area contributed by atoms with Gasteiger partial charge in [0.2, 0.25) is 0 Å². The fraction of sp³-hybridized carbons (Fsp3) is 1.00. The molecule has 0 saturated carbocycles. The van der Waals surface area contributed by atoms with Crippen molar-refractivity contribution >= 4 is 8.32 Å². The summed E-state index contributed by atoms with van der Waals surface area (Å²) >= 11 is 0. The molecule has 0 aromatic rings. The van der Waals surface area contributed by atoms with Gasteiger partial charge in [-0.2, -0.15) is 0 Å². The maximum atomic E-state index is 6.87. The Morgan fingerprint density at radius 1 is 0.239 bits per heavy atom. The van der Waals surface area contributed by atoms with Gasteiger partial charge in [-0.3, -0.25) is 0 Å². The van der Waals surface area contributed by atoms with Crippen LogP contribution in [-0.4, -0.2) is 14.9 Å². The van der Waals surface area contributed by atoms with Crippen LogP contribution in [-0.2, 0) is 4.43 Å². The average Bonchev–Trinajstić information content (AvgIpc) is 3.06. The van der Waals surface area contributed by atoms with Crippen LogP contribution in [0.4, 0.5) is 0 Å². The van der Waals surface area contributed by atoms with E-state index in [4.69, 9.17) is 4.43 Å². The molecule has 0 saturated heterocycles. The molecule has 0 bridgehead atoms. The molecule has 2 heteroatoms. The lowest BCUT2D eigenvalue weighted by atomic mass is 10.1. The SMILES string of the molecule is CCCCCCCCCCCCCC[Si](CCCCCCCCCCCCCC)(CCCCCCCCCCCCCC)OCC. The first-order valence-electron chi connectivity index (χ1n) is 22.4. The second-order valence-electron chi connectivity index (χ2n) is 15.5. The Morgan fingerprint density at radius 3 is 0.587 bits per heavy atom. The third-order valence-corrected chi connectivity index (χ3v) is 15.6. The molecule has 0 aromatic carbocycles. The number of rotatable bonds is 41. The highest BCUT2D eigenvalue weighted by Crippen LogP contribution is 2.31. The van der Waals surface area contributed by atoms with Crippen LogP contribution in [0.3, 0.4) is 0 Å². The summed E-state index contributed by atoms with van der Waals surface area (Å²) in [6.45, 7) is 10.2. The largest absolute Gasteiger partial charge is 0.417 e. The zero-order valence-electron chi connectivity index (χ0n) is 33.2. The molecule has 0 aliphatic heterocycles. The van der Waals surface area contributed by atoms with Crippen molar-refractivity contribution in [2.75, 3.05) is 6.61 Å². The highest BCUT2D eigenvalue weighted by Gasteiger charge is 2.32. The number of hydrogen-bond acceptors (Lipinski definition) is 1. The topological polar surface area (TPSA) is 9.23 Å². The molecule has 0 aliphatic rings. The van der Waals surface area contributed by atoms with E-state index in [0.717, 1.165) is 6.61 Å². The molecule has 0 fully saturated rings. The molecule has 0 N–H and O–H groups in total. The third-order valence-electron chi connectivity index (χ3n) is 10.9. The van der Waals surface area contributed by atoms with E-state index in [1.807, 2.05) is 0 Å². The van der Waals surface area contributed by atoms with Crippen LogP contribution in [0.25, 0.3) is 0 Å². The molecule has 0 spiro atoms. The first-order valence-corrected chi connectivity index (χ1v) is 24.9. The molecule has 0 aliphatic carbocycles.